The topological polar surface area (TPSA) is 122 Å². The molecule has 204 valence electrons. The highest BCUT2D eigenvalue weighted by Crippen LogP contribution is 2.36. The zero-order valence-electron chi connectivity index (χ0n) is 21.5. The molecular weight excluding hydrogens is 519 g/mol. The molecule has 3 aromatic carbocycles. The Bertz CT molecular complexity index is 1510. The molecule has 2 N–H and O–H groups in total. The molecule has 9 nitrogen and oxygen atoms in total. The Morgan fingerprint density at radius 2 is 1.75 bits per heavy atom. The first-order chi connectivity index (χ1) is 19.2. The second-order valence-electron chi connectivity index (χ2n) is 8.66. The van der Waals surface area contributed by atoms with Crippen molar-refractivity contribution in [1.82, 2.24) is 5.32 Å². The van der Waals surface area contributed by atoms with E-state index in [1.807, 2.05) is 0 Å². The number of benzene rings is 3. The molecular formula is C30H25FN2O7. The third-order valence-corrected chi connectivity index (χ3v) is 5.90. The van der Waals surface area contributed by atoms with Gasteiger partial charge in [-0.05, 0) is 79.1 Å². The van der Waals surface area contributed by atoms with Crippen LogP contribution >= 0.6 is 0 Å². The monoisotopic (exact) mass is 544 g/mol. The summed E-state index contributed by atoms with van der Waals surface area (Å²) in [6.07, 6.45) is 3.36. The summed E-state index contributed by atoms with van der Waals surface area (Å²) in [6, 6.07) is 13.4. The number of hydrogen-bond donors (Lipinski definition) is 2. The number of imide groups is 2. The minimum absolute atomic E-state index is 0.102. The Hall–Kier alpha value is -5.25. The molecule has 1 saturated heterocycles. The molecule has 10 heteroatoms. The number of urea groups is 1. The maximum Gasteiger partial charge on any atom is 0.335 e. The number of barbiturate groups is 1. The van der Waals surface area contributed by atoms with Crippen molar-refractivity contribution >= 4 is 35.6 Å². The molecule has 0 spiro atoms. The normalized spacial score (nSPS) is 14.2. The third-order valence-electron chi connectivity index (χ3n) is 5.90. The molecule has 0 radical (unpaired) electrons. The molecule has 0 bridgehead atoms. The number of halogens is 1. The van der Waals surface area contributed by atoms with Crippen molar-refractivity contribution in [3.8, 4) is 11.5 Å². The zero-order valence-corrected chi connectivity index (χ0v) is 21.5. The number of carbonyl (C=O) groups is 4. The number of ether oxygens (including phenoxy) is 2. The smallest absolute Gasteiger partial charge is 0.335 e. The summed E-state index contributed by atoms with van der Waals surface area (Å²) in [4.78, 5) is 50.2. The Labute approximate surface area is 229 Å². The van der Waals surface area contributed by atoms with E-state index in [0.29, 0.717) is 35.7 Å². The van der Waals surface area contributed by atoms with Gasteiger partial charge < -0.3 is 14.6 Å². The van der Waals surface area contributed by atoms with Gasteiger partial charge in [-0.3, -0.25) is 14.9 Å². The lowest BCUT2D eigenvalue weighted by Crippen LogP contribution is -2.54. The maximum absolute atomic E-state index is 13.4. The van der Waals surface area contributed by atoms with E-state index in [2.05, 4.69) is 11.9 Å². The van der Waals surface area contributed by atoms with E-state index in [-0.39, 0.29) is 23.4 Å². The number of nitrogens with zero attached hydrogens (tertiary/aromatic N) is 1. The van der Waals surface area contributed by atoms with Crippen molar-refractivity contribution < 1.29 is 38.1 Å². The predicted octanol–water partition coefficient (Wildman–Crippen LogP) is 4.90. The Morgan fingerprint density at radius 3 is 2.38 bits per heavy atom. The number of hydrogen-bond acceptors (Lipinski definition) is 6. The van der Waals surface area contributed by atoms with E-state index in [0.717, 1.165) is 22.6 Å². The summed E-state index contributed by atoms with van der Waals surface area (Å²) in [5.41, 5.74) is 1.78. The molecule has 40 heavy (non-hydrogen) atoms. The lowest BCUT2D eigenvalue weighted by Gasteiger charge is -2.26. The molecule has 3 aromatic rings. The van der Waals surface area contributed by atoms with Gasteiger partial charge in [0, 0.05) is 5.56 Å². The summed E-state index contributed by atoms with van der Waals surface area (Å²) >= 11 is 0. The predicted molar refractivity (Wildman–Crippen MR) is 145 cm³/mol. The third kappa shape index (κ3) is 6.07. The second-order valence-corrected chi connectivity index (χ2v) is 8.66. The van der Waals surface area contributed by atoms with Crippen LogP contribution < -0.4 is 19.7 Å². The molecule has 0 aliphatic carbocycles. The van der Waals surface area contributed by atoms with Crippen LogP contribution in [0.15, 0.2) is 78.9 Å². The Kier molecular flexibility index (Phi) is 8.39. The average molecular weight is 545 g/mol. The highest BCUT2D eigenvalue weighted by molar-refractivity contribution is 6.39. The number of anilines is 1. The molecule has 1 aliphatic rings. The number of amides is 4. The van der Waals surface area contributed by atoms with Crippen LogP contribution in [0.3, 0.4) is 0 Å². The standard InChI is InChI=1S/C30H25FN2O7/c1-3-5-21-14-19(15-24-27(34)32-30(38)33(28(24)35)23-12-10-22(31)11-13-23)16-25(39-4-2)26(21)40-17-18-6-8-20(9-7-18)29(36)37/h3,6-16H,1,4-5,17H2,2H3,(H,36,37)(H,32,34,38)/b24-15+. The van der Waals surface area contributed by atoms with Crippen molar-refractivity contribution in [2.75, 3.05) is 11.5 Å². The van der Waals surface area contributed by atoms with E-state index >= 15 is 0 Å². The summed E-state index contributed by atoms with van der Waals surface area (Å²) < 4.78 is 25.3. The minimum Gasteiger partial charge on any atom is -0.490 e. The number of carboxylic acids is 1. The van der Waals surface area contributed by atoms with Crippen LogP contribution in [0.5, 0.6) is 11.5 Å². The molecule has 4 rings (SSSR count). The largest absolute Gasteiger partial charge is 0.490 e. The fourth-order valence-corrected chi connectivity index (χ4v) is 4.05. The van der Waals surface area contributed by atoms with E-state index in [1.54, 1.807) is 37.3 Å². The van der Waals surface area contributed by atoms with Crippen LogP contribution in [0.1, 0.15) is 34.0 Å². The lowest BCUT2D eigenvalue weighted by atomic mass is 10.0. The van der Waals surface area contributed by atoms with Gasteiger partial charge in [-0.1, -0.05) is 18.2 Å². The summed E-state index contributed by atoms with van der Waals surface area (Å²) in [5.74, 6) is -2.53. The van der Waals surface area contributed by atoms with Gasteiger partial charge in [-0.2, -0.15) is 0 Å². The van der Waals surface area contributed by atoms with Crippen LogP contribution in [0.25, 0.3) is 6.08 Å². The first kappa shape index (κ1) is 27.8. The van der Waals surface area contributed by atoms with E-state index in [1.165, 1.54) is 30.3 Å². The van der Waals surface area contributed by atoms with Crippen molar-refractivity contribution in [1.29, 1.82) is 0 Å². The first-order valence-corrected chi connectivity index (χ1v) is 12.2. The van der Waals surface area contributed by atoms with Gasteiger partial charge in [0.05, 0.1) is 17.9 Å². The highest BCUT2D eigenvalue weighted by Gasteiger charge is 2.37. The number of rotatable bonds is 10. The molecule has 0 unspecified atom stereocenters. The Balaban J connectivity index is 1.69. The van der Waals surface area contributed by atoms with Gasteiger partial charge in [0.15, 0.2) is 11.5 Å². The summed E-state index contributed by atoms with van der Waals surface area (Å²) in [6.45, 7) is 6.00. The van der Waals surface area contributed by atoms with E-state index < -0.39 is 29.6 Å². The summed E-state index contributed by atoms with van der Waals surface area (Å²) in [5, 5.41) is 11.2. The average Bonchev–Trinajstić information content (AvgIpc) is 2.92. The fraction of sp³-hybridized carbons (Fsp3) is 0.133. The molecule has 1 aliphatic heterocycles. The van der Waals surface area contributed by atoms with E-state index in [9.17, 15) is 23.6 Å². The molecule has 1 heterocycles. The molecule has 4 amide bonds. The van der Waals surface area contributed by atoms with Gasteiger partial charge in [0.2, 0.25) is 0 Å². The quantitative estimate of drug-likeness (QED) is 0.212. The number of carboxylic acid groups (broad SMARTS) is 1. The lowest BCUT2D eigenvalue weighted by molar-refractivity contribution is -0.122. The molecule has 0 atom stereocenters. The molecule has 0 saturated carbocycles. The van der Waals surface area contributed by atoms with Crippen molar-refractivity contribution in [2.24, 2.45) is 0 Å². The Morgan fingerprint density at radius 1 is 1.05 bits per heavy atom. The summed E-state index contributed by atoms with van der Waals surface area (Å²) in [7, 11) is 0. The second kappa shape index (κ2) is 12.1. The molecule has 0 aromatic heterocycles. The molecule has 1 fully saturated rings. The van der Waals surface area contributed by atoms with Crippen molar-refractivity contribution in [2.45, 2.75) is 20.0 Å². The van der Waals surface area contributed by atoms with Gasteiger partial charge in [0.1, 0.15) is 18.0 Å². The minimum atomic E-state index is -1.03. The fourth-order valence-electron chi connectivity index (χ4n) is 4.05. The van der Waals surface area contributed by atoms with Crippen LogP contribution in [0, 0.1) is 5.82 Å². The van der Waals surface area contributed by atoms with Crippen molar-refractivity contribution in [3.05, 3.63) is 107 Å². The van der Waals surface area contributed by atoms with Crippen LogP contribution in [0.4, 0.5) is 14.9 Å². The van der Waals surface area contributed by atoms with Gasteiger partial charge >= 0.3 is 12.0 Å². The van der Waals surface area contributed by atoms with Crippen LogP contribution in [-0.4, -0.2) is 35.5 Å². The van der Waals surface area contributed by atoms with E-state index in [4.69, 9.17) is 14.6 Å². The maximum atomic E-state index is 13.4. The van der Waals surface area contributed by atoms with Gasteiger partial charge in [0.25, 0.3) is 11.8 Å². The zero-order chi connectivity index (χ0) is 28.8. The highest BCUT2D eigenvalue weighted by atomic mass is 19.1. The number of aromatic carboxylic acids is 1. The number of allylic oxidation sites excluding steroid dienone is 1. The van der Waals surface area contributed by atoms with Crippen molar-refractivity contribution in [3.63, 3.8) is 0 Å². The number of carbonyl (C=O) groups excluding carboxylic acids is 3. The van der Waals surface area contributed by atoms with Crippen LogP contribution in [0.2, 0.25) is 0 Å². The first-order valence-electron chi connectivity index (χ1n) is 12.2. The van der Waals surface area contributed by atoms with Crippen LogP contribution in [-0.2, 0) is 22.6 Å². The number of nitrogens with one attached hydrogen (secondary N) is 1. The SMILES string of the molecule is C=CCc1cc(/C=C2\C(=O)NC(=O)N(c3ccc(F)cc3)C2=O)cc(OCC)c1OCc1ccc(C(=O)O)cc1. The van der Waals surface area contributed by atoms with Gasteiger partial charge in [-0.25, -0.2) is 18.9 Å². The van der Waals surface area contributed by atoms with Gasteiger partial charge in [-0.15, -0.1) is 6.58 Å².